The maximum Gasteiger partial charge on any atom is 0.0608 e. The van der Waals surface area contributed by atoms with Crippen molar-refractivity contribution in [1.29, 1.82) is 0 Å². The molecule has 0 saturated carbocycles. The van der Waals surface area contributed by atoms with Crippen LogP contribution in [0.4, 0.5) is 11.4 Å². The second kappa shape index (κ2) is 4.86. The van der Waals surface area contributed by atoms with Gasteiger partial charge < -0.3 is 10.2 Å². The summed E-state index contributed by atoms with van der Waals surface area (Å²) in [6.45, 7) is 7.80. The van der Waals surface area contributed by atoms with Gasteiger partial charge in [0, 0.05) is 12.1 Å². The molecule has 1 heterocycles. The minimum atomic E-state index is 0.0807. The number of nitrogens with zero attached hydrogens (tertiary/aromatic N) is 1. The van der Waals surface area contributed by atoms with Gasteiger partial charge in [-0.3, -0.25) is 0 Å². The van der Waals surface area contributed by atoms with E-state index in [0.29, 0.717) is 6.04 Å². The highest BCUT2D eigenvalue weighted by atomic mass is 15.2. The van der Waals surface area contributed by atoms with Crippen LogP contribution in [0, 0.1) is 0 Å². The number of anilines is 2. The van der Waals surface area contributed by atoms with Gasteiger partial charge in [-0.2, -0.15) is 0 Å². The standard InChI is InChI=1S/C18H22N2/c1-14(15-9-5-4-6-10-15)20-13-18(2,3)19-16-11-7-8-12-17(16)20/h4-12,14,19H,13H2,1-3H3. The minimum absolute atomic E-state index is 0.0807. The number of rotatable bonds is 2. The van der Waals surface area contributed by atoms with E-state index in [9.17, 15) is 0 Å². The van der Waals surface area contributed by atoms with Crippen LogP contribution in [0.3, 0.4) is 0 Å². The molecule has 0 amide bonds. The minimum Gasteiger partial charge on any atom is -0.377 e. The van der Waals surface area contributed by atoms with Crippen molar-refractivity contribution in [3.05, 3.63) is 60.2 Å². The van der Waals surface area contributed by atoms with E-state index in [-0.39, 0.29) is 5.54 Å². The molecule has 1 aliphatic heterocycles. The fraction of sp³-hybridized carbons (Fsp3) is 0.333. The van der Waals surface area contributed by atoms with Crippen molar-refractivity contribution in [3.8, 4) is 0 Å². The van der Waals surface area contributed by atoms with Gasteiger partial charge in [0.15, 0.2) is 0 Å². The second-order valence-corrected chi connectivity index (χ2v) is 6.24. The molecule has 3 rings (SSSR count). The van der Waals surface area contributed by atoms with Crippen molar-refractivity contribution in [2.75, 3.05) is 16.8 Å². The molecular formula is C18H22N2. The first-order chi connectivity index (χ1) is 9.57. The molecule has 1 aliphatic rings. The normalized spacial score (nSPS) is 18.1. The zero-order valence-corrected chi connectivity index (χ0v) is 12.4. The molecule has 104 valence electrons. The van der Waals surface area contributed by atoms with Crippen molar-refractivity contribution in [2.24, 2.45) is 0 Å². The fourth-order valence-corrected chi connectivity index (χ4v) is 3.00. The quantitative estimate of drug-likeness (QED) is 0.863. The maximum absolute atomic E-state index is 3.63. The summed E-state index contributed by atoms with van der Waals surface area (Å²) < 4.78 is 0. The number of para-hydroxylation sites is 2. The van der Waals surface area contributed by atoms with Gasteiger partial charge in [-0.15, -0.1) is 0 Å². The van der Waals surface area contributed by atoms with Crippen LogP contribution in [0.2, 0.25) is 0 Å². The van der Waals surface area contributed by atoms with Crippen LogP contribution in [-0.2, 0) is 0 Å². The van der Waals surface area contributed by atoms with Crippen LogP contribution in [0.15, 0.2) is 54.6 Å². The van der Waals surface area contributed by atoms with E-state index in [1.54, 1.807) is 0 Å². The third-order valence-corrected chi connectivity index (χ3v) is 4.00. The molecule has 0 saturated heterocycles. The van der Waals surface area contributed by atoms with Crippen molar-refractivity contribution in [1.82, 2.24) is 0 Å². The highest BCUT2D eigenvalue weighted by Crippen LogP contribution is 2.38. The molecule has 0 fully saturated rings. The highest BCUT2D eigenvalue weighted by Gasteiger charge is 2.31. The summed E-state index contributed by atoms with van der Waals surface area (Å²) in [5.41, 5.74) is 3.96. The molecule has 2 aromatic carbocycles. The summed E-state index contributed by atoms with van der Waals surface area (Å²) in [4.78, 5) is 2.50. The topological polar surface area (TPSA) is 15.3 Å². The molecule has 0 radical (unpaired) electrons. The Hall–Kier alpha value is -1.96. The Balaban J connectivity index is 2.00. The van der Waals surface area contributed by atoms with Gasteiger partial charge in [-0.05, 0) is 38.5 Å². The lowest BCUT2D eigenvalue weighted by Crippen LogP contribution is -2.49. The molecule has 1 unspecified atom stereocenters. The molecule has 2 aromatic rings. The van der Waals surface area contributed by atoms with E-state index in [4.69, 9.17) is 0 Å². The van der Waals surface area contributed by atoms with E-state index in [2.05, 4.69) is 85.6 Å². The third-order valence-electron chi connectivity index (χ3n) is 4.00. The summed E-state index contributed by atoms with van der Waals surface area (Å²) in [7, 11) is 0. The Kier molecular flexibility index (Phi) is 3.17. The monoisotopic (exact) mass is 266 g/mol. The van der Waals surface area contributed by atoms with E-state index in [0.717, 1.165) is 6.54 Å². The Morgan fingerprint density at radius 2 is 1.65 bits per heavy atom. The smallest absolute Gasteiger partial charge is 0.0608 e. The lowest BCUT2D eigenvalue weighted by atomic mass is 9.96. The summed E-state index contributed by atoms with van der Waals surface area (Å²) in [5, 5.41) is 3.63. The van der Waals surface area contributed by atoms with Gasteiger partial charge in [0.1, 0.15) is 0 Å². The Morgan fingerprint density at radius 3 is 2.40 bits per heavy atom. The molecule has 2 heteroatoms. The van der Waals surface area contributed by atoms with Crippen LogP contribution >= 0.6 is 0 Å². The van der Waals surface area contributed by atoms with Crippen LogP contribution in [0.25, 0.3) is 0 Å². The molecule has 0 spiro atoms. The Morgan fingerprint density at radius 1 is 1.00 bits per heavy atom. The first-order valence-corrected chi connectivity index (χ1v) is 7.26. The van der Waals surface area contributed by atoms with E-state index >= 15 is 0 Å². The summed E-state index contributed by atoms with van der Waals surface area (Å²) >= 11 is 0. The Bertz CT molecular complexity index is 589. The predicted molar refractivity (Wildman–Crippen MR) is 86.3 cm³/mol. The zero-order chi connectivity index (χ0) is 14.2. The first-order valence-electron chi connectivity index (χ1n) is 7.26. The third kappa shape index (κ3) is 2.38. The number of benzene rings is 2. The molecule has 0 aromatic heterocycles. The van der Waals surface area contributed by atoms with Gasteiger partial charge in [0.25, 0.3) is 0 Å². The van der Waals surface area contributed by atoms with Gasteiger partial charge in [0.2, 0.25) is 0 Å². The molecule has 1 atom stereocenters. The number of hydrogen-bond donors (Lipinski definition) is 1. The fourth-order valence-electron chi connectivity index (χ4n) is 3.00. The predicted octanol–water partition coefficient (Wildman–Crippen LogP) is 4.46. The van der Waals surface area contributed by atoms with Crippen molar-refractivity contribution in [3.63, 3.8) is 0 Å². The average Bonchev–Trinajstić information content (AvgIpc) is 2.45. The van der Waals surface area contributed by atoms with Gasteiger partial charge in [-0.1, -0.05) is 42.5 Å². The lowest BCUT2D eigenvalue weighted by molar-refractivity contribution is 0.502. The molecule has 1 N–H and O–H groups in total. The summed E-state index contributed by atoms with van der Waals surface area (Å²) in [6.07, 6.45) is 0. The van der Waals surface area contributed by atoms with Crippen molar-refractivity contribution in [2.45, 2.75) is 32.4 Å². The largest absolute Gasteiger partial charge is 0.377 e. The molecule has 0 bridgehead atoms. The zero-order valence-electron chi connectivity index (χ0n) is 12.4. The molecule has 20 heavy (non-hydrogen) atoms. The first kappa shape index (κ1) is 13.0. The number of fused-ring (bicyclic) bond motifs is 1. The summed E-state index contributed by atoms with van der Waals surface area (Å²) in [6, 6.07) is 19.7. The van der Waals surface area contributed by atoms with Crippen LogP contribution in [-0.4, -0.2) is 12.1 Å². The average molecular weight is 266 g/mol. The Labute approximate surface area is 121 Å². The molecular weight excluding hydrogens is 244 g/mol. The van der Waals surface area contributed by atoms with E-state index < -0.39 is 0 Å². The van der Waals surface area contributed by atoms with Gasteiger partial charge in [-0.25, -0.2) is 0 Å². The molecule has 0 aliphatic carbocycles. The molecule has 2 nitrogen and oxygen atoms in total. The second-order valence-electron chi connectivity index (χ2n) is 6.24. The summed E-state index contributed by atoms with van der Waals surface area (Å²) in [5.74, 6) is 0. The van der Waals surface area contributed by atoms with Crippen molar-refractivity contribution < 1.29 is 0 Å². The number of hydrogen-bond acceptors (Lipinski definition) is 2. The highest BCUT2D eigenvalue weighted by molar-refractivity contribution is 5.74. The SMILES string of the molecule is CC(c1ccccc1)N1CC(C)(C)Nc2ccccc21. The lowest BCUT2D eigenvalue weighted by Gasteiger charge is -2.45. The van der Waals surface area contributed by atoms with Crippen LogP contribution in [0.5, 0.6) is 0 Å². The number of nitrogens with one attached hydrogen (secondary N) is 1. The van der Waals surface area contributed by atoms with Crippen LogP contribution in [0.1, 0.15) is 32.4 Å². The maximum atomic E-state index is 3.63. The van der Waals surface area contributed by atoms with Crippen LogP contribution < -0.4 is 10.2 Å². The van der Waals surface area contributed by atoms with Crippen molar-refractivity contribution >= 4 is 11.4 Å². The van der Waals surface area contributed by atoms with Gasteiger partial charge >= 0.3 is 0 Å². The van der Waals surface area contributed by atoms with Gasteiger partial charge in [0.05, 0.1) is 17.4 Å². The van der Waals surface area contributed by atoms with E-state index in [1.165, 1.54) is 16.9 Å². The van der Waals surface area contributed by atoms with E-state index in [1.807, 2.05) is 0 Å².